The summed E-state index contributed by atoms with van der Waals surface area (Å²) in [5.41, 5.74) is 4.93. The maximum Gasteiger partial charge on any atom is 0.324 e. The van der Waals surface area contributed by atoms with Gasteiger partial charge in [-0.1, -0.05) is 6.92 Å². The van der Waals surface area contributed by atoms with Gasteiger partial charge in [0.2, 0.25) is 0 Å². The molecule has 3 nitrogen and oxygen atoms in total. The lowest BCUT2D eigenvalue weighted by Gasteiger charge is -2.26. The maximum absolute atomic E-state index is 10.8. The molecule has 0 aliphatic heterocycles. The Labute approximate surface area is 65.6 Å². The summed E-state index contributed by atoms with van der Waals surface area (Å²) < 4.78 is 0. The van der Waals surface area contributed by atoms with Crippen molar-refractivity contribution in [1.29, 1.82) is 0 Å². The standard InChI is InChI=1S/C8H13NO2/c1-4-2-5-3-6(5)8(4,9)7(10)11/h4-6H,2-3,9H2,1H3,(H,10,11)/t4-,5?,6?,8-/m0/s1. The van der Waals surface area contributed by atoms with Crippen LogP contribution < -0.4 is 5.73 Å². The van der Waals surface area contributed by atoms with Gasteiger partial charge in [-0.05, 0) is 30.6 Å². The number of carbonyl (C=O) groups is 1. The Balaban J connectivity index is 2.28. The summed E-state index contributed by atoms with van der Waals surface area (Å²) in [6, 6.07) is 0. The third-order valence-electron chi connectivity index (χ3n) is 3.38. The number of aliphatic carboxylic acids is 1. The van der Waals surface area contributed by atoms with Gasteiger partial charge >= 0.3 is 5.97 Å². The number of carboxylic acids is 1. The van der Waals surface area contributed by atoms with Crippen molar-refractivity contribution in [2.24, 2.45) is 23.5 Å². The number of hydrogen-bond acceptors (Lipinski definition) is 2. The van der Waals surface area contributed by atoms with E-state index in [-0.39, 0.29) is 11.8 Å². The number of carboxylic acid groups (broad SMARTS) is 1. The van der Waals surface area contributed by atoms with E-state index in [4.69, 9.17) is 10.8 Å². The van der Waals surface area contributed by atoms with Crippen LogP contribution in [0.25, 0.3) is 0 Å². The summed E-state index contributed by atoms with van der Waals surface area (Å²) in [7, 11) is 0. The molecule has 2 saturated carbocycles. The van der Waals surface area contributed by atoms with Crippen LogP contribution in [-0.4, -0.2) is 16.6 Å². The van der Waals surface area contributed by atoms with Gasteiger partial charge in [0.1, 0.15) is 5.54 Å². The number of hydrogen-bond donors (Lipinski definition) is 2. The van der Waals surface area contributed by atoms with Gasteiger partial charge in [0.05, 0.1) is 0 Å². The first-order chi connectivity index (χ1) is 5.06. The summed E-state index contributed by atoms with van der Waals surface area (Å²) in [4.78, 5) is 10.8. The molecule has 2 rings (SSSR count). The zero-order chi connectivity index (χ0) is 8.22. The molecule has 0 radical (unpaired) electrons. The molecule has 0 spiro atoms. The Bertz CT molecular complexity index is 212. The Morgan fingerprint density at radius 1 is 1.64 bits per heavy atom. The third kappa shape index (κ3) is 0.692. The van der Waals surface area contributed by atoms with Gasteiger partial charge in [-0.25, -0.2) is 0 Å². The number of fused-ring (bicyclic) bond motifs is 1. The van der Waals surface area contributed by atoms with Crippen LogP contribution in [0, 0.1) is 17.8 Å². The summed E-state index contributed by atoms with van der Waals surface area (Å²) in [5.74, 6) is 0.236. The molecule has 0 aromatic carbocycles. The first-order valence-corrected chi connectivity index (χ1v) is 4.09. The van der Waals surface area contributed by atoms with Crippen molar-refractivity contribution in [3.8, 4) is 0 Å². The van der Waals surface area contributed by atoms with E-state index in [1.165, 1.54) is 0 Å². The Hall–Kier alpha value is -0.570. The number of rotatable bonds is 1. The van der Waals surface area contributed by atoms with E-state index in [1.807, 2.05) is 6.92 Å². The summed E-state index contributed by atoms with van der Waals surface area (Å²) in [5, 5.41) is 8.91. The molecule has 2 aliphatic rings. The summed E-state index contributed by atoms with van der Waals surface area (Å²) >= 11 is 0. The Morgan fingerprint density at radius 3 is 2.55 bits per heavy atom. The highest BCUT2D eigenvalue weighted by molar-refractivity contribution is 5.80. The molecule has 0 amide bonds. The van der Waals surface area contributed by atoms with E-state index < -0.39 is 11.5 Å². The molecule has 2 fully saturated rings. The Morgan fingerprint density at radius 2 is 2.27 bits per heavy atom. The van der Waals surface area contributed by atoms with Crippen LogP contribution in [0.5, 0.6) is 0 Å². The van der Waals surface area contributed by atoms with E-state index in [9.17, 15) is 4.79 Å². The molecule has 0 saturated heterocycles. The molecular weight excluding hydrogens is 142 g/mol. The fraction of sp³-hybridized carbons (Fsp3) is 0.875. The van der Waals surface area contributed by atoms with Crippen molar-refractivity contribution in [2.45, 2.75) is 25.3 Å². The highest BCUT2D eigenvalue weighted by Gasteiger charge is 2.63. The molecule has 62 valence electrons. The van der Waals surface area contributed by atoms with E-state index in [2.05, 4.69) is 0 Å². The van der Waals surface area contributed by atoms with Crippen molar-refractivity contribution < 1.29 is 9.90 Å². The van der Waals surface area contributed by atoms with Crippen molar-refractivity contribution in [2.75, 3.05) is 0 Å². The summed E-state index contributed by atoms with van der Waals surface area (Å²) in [6.45, 7) is 1.94. The molecule has 11 heavy (non-hydrogen) atoms. The van der Waals surface area contributed by atoms with Crippen LogP contribution >= 0.6 is 0 Å². The number of nitrogens with two attached hydrogens (primary N) is 1. The third-order valence-corrected chi connectivity index (χ3v) is 3.38. The van der Waals surface area contributed by atoms with Gasteiger partial charge < -0.3 is 10.8 Å². The molecule has 3 heteroatoms. The van der Waals surface area contributed by atoms with Crippen LogP contribution in [0.1, 0.15) is 19.8 Å². The maximum atomic E-state index is 10.8. The fourth-order valence-corrected chi connectivity index (χ4v) is 2.48. The molecule has 0 aromatic heterocycles. The molecule has 0 bridgehead atoms. The van der Waals surface area contributed by atoms with E-state index in [1.54, 1.807) is 0 Å². The van der Waals surface area contributed by atoms with E-state index in [0.29, 0.717) is 5.92 Å². The fourth-order valence-electron chi connectivity index (χ4n) is 2.48. The summed E-state index contributed by atoms with van der Waals surface area (Å²) in [6.07, 6.45) is 2.04. The van der Waals surface area contributed by atoms with Gasteiger partial charge in [-0.3, -0.25) is 4.79 Å². The normalized spacial score (nSPS) is 53.8. The monoisotopic (exact) mass is 155 g/mol. The minimum atomic E-state index is -0.898. The van der Waals surface area contributed by atoms with Gasteiger partial charge in [0.25, 0.3) is 0 Å². The highest BCUT2D eigenvalue weighted by Crippen LogP contribution is 2.58. The van der Waals surface area contributed by atoms with Crippen LogP contribution in [0.3, 0.4) is 0 Å². The van der Waals surface area contributed by atoms with Crippen molar-refractivity contribution in [1.82, 2.24) is 0 Å². The second-order valence-electron chi connectivity index (χ2n) is 3.98. The molecule has 2 aliphatic carbocycles. The minimum absolute atomic E-state index is 0.156. The zero-order valence-electron chi connectivity index (χ0n) is 6.58. The topological polar surface area (TPSA) is 63.3 Å². The van der Waals surface area contributed by atoms with Gasteiger partial charge in [-0.2, -0.15) is 0 Å². The second kappa shape index (κ2) is 1.78. The SMILES string of the molecule is C[C@H]1CC2CC2[C@]1(N)C(=O)O. The van der Waals surface area contributed by atoms with Crippen LogP contribution in [0.2, 0.25) is 0 Å². The van der Waals surface area contributed by atoms with Crippen molar-refractivity contribution in [3.63, 3.8) is 0 Å². The average molecular weight is 155 g/mol. The molecule has 2 unspecified atom stereocenters. The van der Waals surface area contributed by atoms with Crippen LogP contribution in [0.15, 0.2) is 0 Å². The smallest absolute Gasteiger partial charge is 0.324 e. The van der Waals surface area contributed by atoms with Crippen molar-refractivity contribution in [3.05, 3.63) is 0 Å². The lowest BCUT2D eigenvalue weighted by Crippen LogP contribution is -2.53. The quantitative estimate of drug-likeness (QED) is 0.577. The van der Waals surface area contributed by atoms with Gasteiger partial charge in [-0.15, -0.1) is 0 Å². The average Bonchev–Trinajstić information content (AvgIpc) is 2.60. The predicted octanol–water partition coefficient (Wildman–Crippen LogP) is 0.444. The molecule has 3 N–H and O–H groups in total. The highest BCUT2D eigenvalue weighted by atomic mass is 16.4. The lowest BCUT2D eigenvalue weighted by molar-refractivity contribution is -0.145. The first kappa shape index (κ1) is 7.10. The van der Waals surface area contributed by atoms with Gasteiger partial charge in [0, 0.05) is 0 Å². The predicted molar refractivity (Wildman–Crippen MR) is 39.9 cm³/mol. The van der Waals surface area contributed by atoms with E-state index in [0.717, 1.165) is 12.8 Å². The van der Waals surface area contributed by atoms with Crippen LogP contribution in [-0.2, 0) is 4.79 Å². The Kier molecular flexibility index (Phi) is 1.15. The largest absolute Gasteiger partial charge is 0.480 e. The van der Waals surface area contributed by atoms with Gasteiger partial charge in [0.15, 0.2) is 0 Å². The molecular formula is C8H13NO2. The minimum Gasteiger partial charge on any atom is -0.480 e. The van der Waals surface area contributed by atoms with E-state index >= 15 is 0 Å². The zero-order valence-corrected chi connectivity index (χ0v) is 6.58. The first-order valence-electron chi connectivity index (χ1n) is 4.09. The molecule has 0 aromatic rings. The molecule has 4 atom stereocenters. The van der Waals surface area contributed by atoms with Crippen LogP contribution in [0.4, 0.5) is 0 Å². The molecule has 0 heterocycles. The lowest BCUT2D eigenvalue weighted by atomic mass is 9.85. The van der Waals surface area contributed by atoms with Crippen molar-refractivity contribution >= 4 is 5.97 Å². The second-order valence-corrected chi connectivity index (χ2v) is 3.98.